The van der Waals surface area contributed by atoms with Gasteiger partial charge in [0.05, 0.1) is 0 Å². The summed E-state index contributed by atoms with van der Waals surface area (Å²) >= 11 is 0. The Morgan fingerprint density at radius 1 is 0.833 bits per heavy atom. The van der Waals surface area contributed by atoms with Crippen LogP contribution >= 0.6 is 0 Å². The molecule has 18 heavy (non-hydrogen) atoms. The Labute approximate surface area is 105 Å². The predicted octanol–water partition coefficient (Wildman–Crippen LogP) is 0.957. The Bertz CT molecular complexity index is 357. The van der Waals surface area contributed by atoms with Crippen LogP contribution in [0.25, 0.3) is 0 Å². The maximum Gasteiger partial charge on any atom is 0.244 e. The molecule has 102 valence electrons. The van der Waals surface area contributed by atoms with E-state index in [0.717, 1.165) is 0 Å². The molecule has 0 aromatic rings. The minimum absolute atomic E-state index is 0.154. The molecule has 0 aliphatic carbocycles. The third-order valence-corrected chi connectivity index (χ3v) is 2.53. The van der Waals surface area contributed by atoms with Gasteiger partial charge in [-0.3, -0.25) is 0 Å². The van der Waals surface area contributed by atoms with E-state index in [1.165, 1.54) is 12.5 Å². The Morgan fingerprint density at radius 2 is 1.17 bits per heavy atom. The standard InChI is InChI=1S/C12H18O6/c1-11(2)15-5-7(17-11)9(13)10(14)8-6-16-12(3,4)18-8/h5-6,9-10,13-14H,1-4H3/t9-,10-/m1/s1. The average molecular weight is 258 g/mol. The summed E-state index contributed by atoms with van der Waals surface area (Å²) in [7, 11) is 0. The Kier molecular flexibility index (Phi) is 2.95. The van der Waals surface area contributed by atoms with Crippen LogP contribution in [0, 0.1) is 0 Å². The summed E-state index contributed by atoms with van der Waals surface area (Å²) in [6.45, 7) is 6.81. The Balaban J connectivity index is 2.01. The van der Waals surface area contributed by atoms with Crippen molar-refractivity contribution in [3.63, 3.8) is 0 Å². The van der Waals surface area contributed by atoms with Crippen LogP contribution in [0.2, 0.25) is 0 Å². The summed E-state index contributed by atoms with van der Waals surface area (Å²) in [6, 6.07) is 0. The highest BCUT2D eigenvalue weighted by Gasteiger charge is 2.39. The summed E-state index contributed by atoms with van der Waals surface area (Å²) in [5, 5.41) is 20.0. The van der Waals surface area contributed by atoms with Crippen LogP contribution in [0.1, 0.15) is 27.7 Å². The molecule has 0 bridgehead atoms. The molecule has 6 nitrogen and oxygen atoms in total. The fourth-order valence-electron chi connectivity index (χ4n) is 1.64. The zero-order chi connectivity index (χ0) is 13.6. The molecule has 2 N–H and O–H groups in total. The first kappa shape index (κ1) is 13.0. The predicted molar refractivity (Wildman–Crippen MR) is 60.7 cm³/mol. The minimum atomic E-state index is -1.27. The second-order valence-electron chi connectivity index (χ2n) is 5.17. The molecule has 6 heteroatoms. The van der Waals surface area contributed by atoms with E-state index in [2.05, 4.69) is 0 Å². The number of aliphatic hydroxyl groups excluding tert-OH is 2. The van der Waals surface area contributed by atoms with Gasteiger partial charge in [0, 0.05) is 27.7 Å². The highest BCUT2D eigenvalue weighted by Crippen LogP contribution is 2.32. The van der Waals surface area contributed by atoms with Crippen molar-refractivity contribution in [2.45, 2.75) is 51.5 Å². The molecular formula is C12H18O6. The van der Waals surface area contributed by atoms with Crippen LogP contribution < -0.4 is 0 Å². The molecule has 2 rings (SSSR count). The smallest absolute Gasteiger partial charge is 0.244 e. The van der Waals surface area contributed by atoms with Gasteiger partial charge in [-0.25, -0.2) is 0 Å². The summed E-state index contributed by atoms with van der Waals surface area (Å²) in [5.74, 6) is -1.36. The lowest BCUT2D eigenvalue weighted by molar-refractivity contribution is -0.142. The van der Waals surface area contributed by atoms with Crippen molar-refractivity contribution in [3.05, 3.63) is 24.0 Å². The highest BCUT2D eigenvalue weighted by molar-refractivity contribution is 5.13. The van der Waals surface area contributed by atoms with Crippen LogP contribution in [0.3, 0.4) is 0 Å². The van der Waals surface area contributed by atoms with Gasteiger partial charge >= 0.3 is 0 Å². The Hall–Kier alpha value is -1.40. The van der Waals surface area contributed by atoms with Crippen LogP contribution in [-0.4, -0.2) is 34.0 Å². The zero-order valence-corrected chi connectivity index (χ0v) is 10.8. The summed E-state index contributed by atoms with van der Waals surface area (Å²) in [5.41, 5.74) is 0. The molecule has 0 fully saturated rings. The quantitative estimate of drug-likeness (QED) is 0.785. The summed E-state index contributed by atoms with van der Waals surface area (Å²) in [4.78, 5) is 0. The van der Waals surface area contributed by atoms with Crippen molar-refractivity contribution < 1.29 is 29.2 Å². The monoisotopic (exact) mass is 258 g/mol. The van der Waals surface area contributed by atoms with E-state index in [9.17, 15) is 10.2 Å². The average Bonchev–Trinajstić information content (AvgIpc) is 2.79. The first-order chi connectivity index (χ1) is 8.20. The molecule has 2 atom stereocenters. The maximum absolute atomic E-state index is 9.98. The molecule has 0 amide bonds. The lowest BCUT2D eigenvalue weighted by atomic mass is 10.1. The van der Waals surface area contributed by atoms with Gasteiger partial charge in [0.25, 0.3) is 0 Å². The zero-order valence-electron chi connectivity index (χ0n) is 10.8. The van der Waals surface area contributed by atoms with E-state index in [1.807, 2.05) is 0 Å². The molecule has 0 spiro atoms. The van der Waals surface area contributed by atoms with Gasteiger partial charge in [0.15, 0.2) is 11.5 Å². The number of ether oxygens (including phenoxy) is 4. The third kappa shape index (κ3) is 2.54. The SMILES string of the molecule is CC1(C)OC=C([C@@H](O)[C@H](O)C2=COC(C)(C)O2)O1. The lowest BCUT2D eigenvalue weighted by Crippen LogP contribution is -2.33. The van der Waals surface area contributed by atoms with Crippen molar-refractivity contribution in [3.8, 4) is 0 Å². The van der Waals surface area contributed by atoms with Gasteiger partial charge in [-0.05, 0) is 0 Å². The van der Waals surface area contributed by atoms with Gasteiger partial charge in [0.1, 0.15) is 24.7 Å². The van der Waals surface area contributed by atoms with Crippen molar-refractivity contribution in [1.29, 1.82) is 0 Å². The third-order valence-electron chi connectivity index (χ3n) is 2.53. The molecular weight excluding hydrogens is 240 g/mol. The number of aliphatic hydroxyl groups is 2. The van der Waals surface area contributed by atoms with Crippen molar-refractivity contribution >= 4 is 0 Å². The lowest BCUT2D eigenvalue weighted by Gasteiger charge is -2.24. The van der Waals surface area contributed by atoms with E-state index < -0.39 is 23.8 Å². The minimum Gasteiger partial charge on any atom is -0.457 e. The number of hydrogen-bond donors (Lipinski definition) is 2. The van der Waals surface area contributed by atoms with E-state index in [-0.39, 0.29) is 11.5 Å². The van der Waals surface area contributed by atoms with E-state index in [4.69, 9.17) is 18.9 Å². The van der Waals surface area contributed by atoms with Crippen LogP contribution in [0.5, 0.6) is 0 Å². The maximum atomic E-state index is 9.98. The normalized spacial score (nSPS) is 27.0. The first-order valence-corrected chi connectivity index (χ1v) is 5.70. The molecule has 0 unspecified atom stereocenters. The van der Waals surface area contributed by atoms with Gasteiger partial charge in [-0.1, -0.05) is 0 Å². The Morgan fingerprint density at radius 3 is 1.39 bits per heavy atom. The fourth-order valence-corrected chi connectivity index (χ4v) is 1.64. The van der Waals surface area contributed by atoms with E-state index in [0.29, 0.717) is 0 Å². The molecule has 2 aliphatic heterocycles. The largest absolute Gasteiger partial charge is 0.457 e. The molecule has 0 radical (unpaired) electrons. The molecule has 0 aromatic carbocycles. The van der Waals surface area contributed by atoms with E-state index in [1.54, 1.807) is 27.7 Å². The van der Waals surface area contributed by atoms with Crippen molar-refractivity contribution in [2.24, 2.45) is 0 Å². The molecule has 0 saturated carbocycles. The molecule has 0 aromatic heterocycles. The van der Waals surface area contributed by atoms with Crippen molar-refractivity contribution in [1.82, 2.24) is 0 Å². The van der Waals surface area contributed by atoms with Crippen LogP contribution in [0.4, 0.5) is 0 Å². The number of rotatable bonds is 3. The number of hydrogen-bond acceptors (Lipinski definition) is 6. The second-order valence-corrected chi connectivity index (χ2v) is 5.17. The van der Waals surface area contributed by atoms with Gasteiger partial charge in [-0.15, -0.1) is 0 Å². The first-order valence-electron chi connectivity index (χ1n) is 5.70. The van der Waals surface area contributed by atoms with E-state index >= 15 is 0 Å². The van der Waals surface area contributed by atoms with Crippen LogP contribution in [0.15, 0.2) is 24.0 Å². The van der Waals surface area contributed by atoms with Gasteiger partial charge < -0.3 is 29.2 Å². The highest BCUT2D eigenvalue weighted by atomic mass is 16.7. The molecule has 0 saturated heterocycles. The van der Waals surface area contributed by atoms with Gasteiger partial charge in [0.2, 0.25) is 11.6 Å². The summed E-state index contributed by atoms with van der Waals surface area (Å²) < 4.78 is 21.1. The second kappa shape index (κ2) is 4.07. The van der Waals surface area contributed by atoms with Crippen molar-refractivity contribution in [2.75, 3.05) is 0 Å². The fraction of sp³-hybridized carbons (Fsp3) is 0.667. The van der Waals surface area contributed by atoms with Crippen LogP contribution in [-0.2, 0) is 18.9 Å². The molecule has 2 aliphatic rings. The molecule has 2 heterocycles. The summed E-state index contributed by atoms with van der Waals surface area (Å²) in [6.07, 6.45) is 0.0381. The topological polar surface area (TPSA) is 77.4 Å². The van der Waals surface area contributed by atoms with Gasteiger partial charge in [-0.2, -0.15) is 0 Å².